The van der Waals surface area contributed by atoms with Gasteiger partial charge >= 0.3 is 57.8 Å². The van der Waals surface area contributed by atoms with Crippen molar-refractivity contribution in [2.75, 3.05) is 0 Å². The fourth-order valence-electron chi connectivity index (χ4n) is 0. The van der Waals surface area contributed by atoms with Gasteiger partial charge in [0.2, 0.25) is 0 Å². The van der Waals surface area contributed by atoms with Gasteiger partial charge < -0.3 is 16.4 Å². The third-order valence-electron chi connectivity index (χ3n) is 0. The summed E-state index contributed by atoms with van der Waals surface area (Å²) in [6.45, 7) is 0. The van der Waals surface area contributed by atoms with E-state index < -0.39 is 0 Å². The maximum atomic E-state index is 0. The van der Waals surface area contributed by atoms with E-state index in [0.717, 1.165) is 0 Å². The molecular weight excluding hydrogens is 280 g/mol. The van der Waals surface area contributed by atoms with Gasteiger partial charge in [-0.2, -0.15) is 0 Å². The van der Waals surface area contributed by atoms with Crippen LogP contribution in [0.2, 0.25) is 0 Å². The Hall–Kier alpha value is 1.79. The van der Waals surface area contributed by atoms with Crippen molar-refractivity contribution in [3.05, 3.63) is 0 Å². The second-order valence-corrected chi connectivity index (χ2v) is 0. The molecule has 0 saturated heterocycles. The molecule has 3 nitrogen and oxygen atoms in total. The van der Waals surface area contributed by atoms with E-state index in [0.29, 0.717) is 0 Å². The van der Waals surface area contributed by atoms with Gasteiger partial charge in [-0.3, -0.25) is 0 Å². The predicted octanol–water partition coefficient (Wildman–Crippen LogP) is -0.740. The summed E-state index contributed by atoms with van der Waals surface area (Å²) < 4.78 is 0. The average Bonchev–Trinajstić information content (AvgIpc) is 0. The van der Waals surface area contributed by atoms with E-state index in [1.165, 1.54) is 0 Å². The second kappa shape index (κ2) is 41.5. The summed E-state index contributed by atoms with van der Waals surface area (Å²) in [5.41, 5.74) is 0. The van der Waals surface area contributed by atoms with Crippen LogP contribution < -0.4 is 0 Å². The molecule has 29 valence electrons. The van der Waals surface area contributed by atoms with Crippen LogP contribution in [0.4, 0.5) is 0 Å². The summed E-state index contributed by atoms with van der Waals surface area (Å²) in [5, 5.41) is 0. The smallest absolute Gasteiger partial charge is 2.00 e. The minimum atomic E-state index is 0. The maximum Gasteiger partial charge on any atom is 4.00 e. The first-order valence-electron chi connectivity index (χ1n) is 0. The van der Waals surface area contributed by atoms with E-state index in [1.807, 2.05) is 0 Å². The predicted molar refractivity (Wildman–Crippen MR) is 7.81 cm³/mol. The van der Waals surface area contributed by atoms with Crippen molar-refractivity contribution in [1.82, 2.24) is 0 Å². The summed E-state index contributed by atoms with van der Waals surface area (Å²) in [6, 6.07) is 0. The molecule has 0 rings (SSSR count). The SMILES string of the molecule is [Ca+2].[Ir+4].[O-2].[O-2].[O-2]. The van der Waals surface area contributed by atoms with Crippen molar-refractivity contribution >= 4 is 37.7 Å². The molecule has 0 aromatic heterocycles. The van der Waals surface area contributed by atoms with Crippen LogP contribution in [0.5, 0.6) is 0 Å². The Morgan fingerprint density at radius 2 is 0.600 bits per heavy atom. The van der Waals surface area contributed by atoms with Gasteiger partial charge in [0.05, 0.1) is 0 Å². The number of hydrogen-bond donors (Lipinski definition) is 0. The van der Waals surface area contributed by atoms with Crippen LogP contribution >= 0.6 is 0 Å². The van der Waals surface area contributed by atoms with Crippen LogP contribution in [0.25, 0.3) is 0 Å². The average molecular weight is 280 g/mol. The molecule has 0 heterocycles. The molecule has 0 spiro atoms. The molecule has 0 bridgehead atoms. The third kappa shape index (κ3) is 26.0. The van der Waals surface area contributed by atoms with Gasteiger partial charge in [-0.1, -0.05) is 0 Å². The molecule has 5 heteroatoms. The molecule has 0 aliphatic rings. The van der Waals surface area contributed by atoms with Crippen LogP contribution in [-0.4, -0.2) is 37.7 Å². The zero-order valence-corrected chi connectivity index (χ0v) is 6.87. The molecule has 5 heavy (non-hydrogen) atoms. The van der Waals surface area contributed by atoms with Gasteiger partial charge in [-0.05, 0) is 0 Å². The molecule has 0 N–H and O–H groups in total. The first kappa shape index (κ1) is 71.1. The second-order valence-electron chi connectivity index (χ2n) is 0. The monoisotopic (exact) mass is 281 g/mol. The molecule has 0 aliphatic heterocycles. The van der Waals surface area contributed by atoms with Crippen molar-refractivity contribution in [3.8, 4) is 0 Å². The molecule has 0 atom stereocenters. The maximum absolute atomic E-state index is 0. The molecule has 0 amide bonds. The van der Waals surface area contributed by atoms with E-state index >= 15 is 0 Å². The molecule has 0 unspecified atom stereocenters. The topological polar surface area (TPSA) is 85.5 Å². The summed E-state index contributed by atoms with van der Waals surface area (Å²) in [6.07, 6.45) is 0. The number of rotatable bonds is 0. The summed E-state index contributed by atoms with van der Waals surface area (Å²) >= 11 is 0. The van der Waals surface area contributed by atoms with Crippen molar-refractivity contribution < 1.29 is 36.5 Å². The summed E-state index contributed by atoms with van der Waals surface area (Å²) in [5.74, 6) is 0. The van der Waals surface area contributed by atoms with Crippen LogP contribution in [0.1, 0.15) is 0 Å². The van der Waals surface area contributed by atoms with Gasteiger partial charge in [0, 0.05) is 0 Å². The fourth-order valence-corrected chi connectivity index (χ4v) is 0. The summed E-state index contributed by atoms with van der Waals surface area (Å²) in [7, 11) is 0. The Kier molecular flexibility index (Phi) is 590. The third-order valence-corrected chi connectivity index (χ3v) is 0. The largest absolute Gasteiger partial charge is 4.00 e. The standard InChI is InChI=1S/Ca.Ir.3O/q+2;+4;3*-2. The van der Waals surface area contributed by atoms with Crippen molar-refractivity contribution in [3.63, 3.8) is 0 Å². The molecule has 0 aliphatic carbocycles. The first-order chi connectivity index (χ1) is 0. The fraction of sp³-hybridized carbons (Fsp3) is 0. The van der Waals surface area contributed by atoms with E-state index in [9.17, 15) is 0 Å². The van der Waals surface area contributed by atoms with Gasteiger partial charge in [0.25, 0.3) is 0 Å². The first-order valence-corrected chi connectivity index (χ1v) is 0. The van der Waals surface area contributed by atoms with Crippen LogP contribution in [0.15, 0.2) is 0 Å². The number of hydrogen-bond acceptors (Lipinski definition) is 0. The quantitative estimate of drug-likeness (QED) is 0.523. The van der Waals surface area contributed by atoms with E-state index in [-0.39, 0.29) is 74.3 Å². The van der Waals surface area contributed by atoms with Crippen LogP contribution in [0.3, 0.4) is 0 Å². The van der Waals surface area contributed by atoms with Crippen molar-refractivity contribution in [1.29, 1.82) is 0 Å². The Morgan fingerprint density at radius 1 is 0.600 bits per heavy atom. The van der Waals surface area contributed by atoms with Crippen molar-refractivity contribution in [2.45, 2.75) is 0 Å². The van der Waals surface area contributed by atoms with Gasteiger partial charge in [0.1, 0.15) is 0 Å². The molecule has 1 radical (unpaired) electrons. The van der Waals surface area contributed by atoms with Gasteiger partial charge in [-0.15, -0.1) is 0 Å². The Balaban J connectivity index is 0. The molecule has 0 saturated carbocycles. The van der Waals surface area contributed by atoms with Gasteiger partial charge in [-0.25, -0.2) is 0 Å². The Labute approximate surface area is 73.4 Å². The summed E-state index contributed by atoms with van der Waals surface area (Å²) in [4.78, 5) is 0. The van der Waals surface area contributed by atoms with Crippen LogP contribution in [0, 0.1) is 0 Å². The van der Waals surface area contributed by atoms with E-state index in [4.69, 9.17) is 0 Å². The Morgan fingerprint density at radius 3 is 0.600 bits per heavy atom. The zero-order chi connectivity index (χ0) is 0. The zero-order valence-electron chi connectivity index (χ0n) is 2.27. The minimum Gasteiger partial charge on any atom is -2.00 e. The van der Waals surface area contributed by atoms with Crippen molar-refractivity contribution in [2.24, 2.45) is 0 Å². The van der Waals surface area contributed by atoms with E-state index in [1.54, 1.807) is 0 Å². The normalized spacial score (nSPS) is 0. The molecule has 0 fully saturated rings. The minimum absolute atomic E-state index is 0. The molecule has 0 aromatic carbocycles. The van der Waals surface area contributed by atoms with E-state index in [2.05, 4.69) is 0 Å². The molecular formula is CaIrO3. The Bertz CT molecular complexity index is 6.85. The van der Waals surface area contributed by atoms with Gasteiger partial charge in [0.15, 0.2) is 0 Å². The molecule has 0 aromatic rings. The van der Waals surface area contributed by atoms with Crippen LogP contribution in [-0.2, 0) is 36.5 Å².